The van der Waals surface area contributed by atoms with E-state index in [0.717, 1.165) is 14.7 Å². The zero-order valence-electron chi connectivity index (χ0n) is 18.3. The minimum absolute atomic E-state index is 0.267. The van der Waals surface area contributed by atoms with Gasteiger partial charge in [-0.2, -0.15) is 0 Å². The first-order chi connectivity index (χ1) is 16.3. The zero-order chi connectivity index (χ0) is 24.4. The number of rotatable bonds is 6. The van der Waals surface area contributed by atoms with Crippen LogP contribution in [0, 0.1) is 0 Å². The summed E-state index contributed by atoms with van der Waals surface area (Å²) in [6.07, 6.45) is 0. The number of carbonyl (C=O) groups is 2. The molecule has 11 nitrogen and oxygen atoms in total. The maximum Gasteiger partial charge on any atom is 0.378 e. The highest BCUT2D eigenvalue weighted by Gasteiger charge is 2.24. The predicted octanol–water partition coefficient (Wildman–Crippen LogP) is 0.954. The molecule has 34 heavy (non-hydrogen) atoms. The summed E-state index contributed by atoms with van der Waals surface area (Å²) in [7, 11) is 2.54. The number of para-hydroxylation sites is 1. The van der Waals surface area contributed by atoms with Gasteiger partial charge in [-0.3, -0.25) is 18.7 Å². The monoisotopic (exact) mass is 460 g/mol. The largest absolute Gasteiger partial charge is 0.451 e. The molecule has 4 rings (SSSR count). The van der Waals surface area contributed by atoms with Crippen LogP contribution in [-0.2, 0) is 18.8 Å². The van der Waals surface area contributed by atoms with E-state index < -0.39 is 35.2 Å². The third kappa shape index (κ3) is 4.01. The Kier molecular flexibility index (Phi) is 5.92. The zero-order valence-corrected chi connectivity index (χ0v) is 18.3. The van der Waals surface area contributed by atoms with Crippen LogP contribution < -0.4 is 17.0 Å². The Labute approximate surface area is 192 Å². The van der Waals surface area contributed by atoms with Gasteiger partial charge in [0.1, 0.15) is 11.4 Å². The number of hydrogen-bond acceptors (Lipinski definition) is 8. The Hall–Kier alpha value is -4.80. The molecule has 4 aromatic rings. The average molecular weight is 460 g/mol. The molecule has 0 bridgehead atoms. The molecular formula is C23H20N6O5. The molecule has 0 unspecified atom stereocenters. The fourth-order valence-corrected chi connectivity index (χ4v) is 3.31. The van der Waals surface area contributed by atoms with Crippen LogP contribution in [0.15, 0.2) is 70.3 Å². The highest BCUT2D eigenvalue weighted by atomic mass is 16.5. The van der Waals surface area contributed by atoms with Crippen LogP contribution in [-0.4, -0.2) is 42.3 Å². The van der Waals surface area contributed by atoms with E-state index in [1.165, 1.54) is 18.8 Å². The fourth-order valence-electron chi connectivity index (χ4n) is 3.31. The van der Waals surface area contributed by atoms with Crippen LogP contribution in [0.3, 0.4) is 0 Å². The van der Waals surface area contributed by atoms with E-state index in [9.17, 15) is 19.2 Å². The Balaban J connectivity index is 1.63. The van der Waals surface area contributed by atoms with Gasteiger partial charge in [-0.15, -0.1) is 5.10 Å². The first-order valence-corrected chi connectivity index (χ1v) is 10.1. The Morgan fingerprint density at radius 1 is 0.941 bits per heavy atom. The number of carbonyl (C=O) groups excluding carboxylic acids is 2. The standard InChI is InChI=1S/C23H20N6O5/c1-27-18(24)17(21(31)28(2)23(27)33)16(30)13-34-22(32)19-25-20(14-9-5-3-6-10-14)29(26-19)15-11-7-4-8-12-15/h3-12H,13,24H2,1-2H3. The normalized spacial score (nSPS) is 10.8. The third-order valence-electron chi connectivity index (χ3n) is 5.15. The Morgan fingerprint density at radius 2 is 1.56 bits per heavy atom. The number of anilines is 1. The molecule has 0 saturated carbocycles. The van der Waals surface area contributed by atoms with Crippen LogP contribution >= 0.6 is 0 Å². The number of aromatic nitrogens is 5. The van der Waals surface area contributed by atoms with Crippen molar-refractivity contribution in [1.82, 2.24) is 23.9 Å². The predicted molar refractivity (Wildman–Crippen MR) is 123 cm³/mol. The maximum atomic E-state index is 12.7. The first kappa shape index (κ1) is 22.4. The van der Waals surface area contributed by atoms with Gasteiger partial charge in [0.05, 0.1) is 5.69 Å². The fraction of sp³-hybridized carbons (Fsp3) is 0.130. The summed E-state index contributed by atoms with van der Waals surface area (Å²) in [5.41, 5.74) is 5.18. The topological polar surface area (TPSA) is 144 Å². The van der Waals surface area contributed by atoms with E-state index in [1.807, 2.05) is 48.5 Å². The lowest BCUT2D eigenvalue weighted by atomic mass is 10.2. The average Bonchev–Trinajstić information content (AvgIpc) is 3.32. The Bertz CT molecular complexity index is 1450. The molecule has 0 aliphatic heterocycles. The number of nitrogen functional groups attached to an aromatic ring is 1. The number of Topliss-reactive ketones (excluding diaryl/α,β-unsaturated/α-hetero) is 1. The highest BCUT2D eigenvalue weighted by molar-refractivity contribution is 6.01. The van der Waals surface area contributed by atoms with E-state index >= 15 is 0 Å². The van der Waals surface area contributed by atoms with Crippen molar-refractivity contribution in [2.24, 2.45) is 14.1 Å². The third-order valence-corrected chi connectivity index (χ3v) is 5.15. The molecular weight excluding hydrogens is 440 g/mol. The maximum absolute atomic E-state index is 12.7. The number of ether oxygens (including phenoxy) is 1. The molecule has 2 N–H and O–H groups in total. The van der Waals surface area contributed by atoms with Crippen molar-refractivity contribution >= 4 is 17.6 Å². The summed E-state index contributed by atoms with van der Waals surface area (Å²) in [5.74, 6) is -1.99. The molecule has 0 aliphatic carbocycles. The lowest BCUT2D eigenvalue weighted by Gasteiger charge is -2.10. The van der Waals surface area contributed by atoms with Crippen LogP contribution in [0.1, 0.15) is 21.0 Å². The van der Waals surface area contributed by atoms with Crippen molar-refractivity contribution in [3.05, 3.63) is 92.9 Å². The summed E-state index contributed by atoms with van der Waals surface area (Å²) >= 11 is 0. The highest BCUT2D eigenvalue weighted by Crippen LogP contribution is 2.21. The van der Waals surface area contributed by atoms with Gasteiger partial charge in [0, 0.05) is 19.7 Å². The van der Waals surface area contributed by atoms with Crippen LogP contribution in [0.5, 0.6) is 0 Å². The molecule has 2 heterocycles. The van der Waals surface area contributed by atoms with Gasteiger partial charge in [0.15, 0.2) is 12.4 Å². The van der Waals surface area contributed by atoms with Crippen molar-refractivity contribution in [2.45, 2.75) is 0 Å². The van der Waals surface area contributed by atoms with E-state index in [0.29, 0.717) is 11.5 Å². The molecule has 0 spiro atoms. The number of nitrogens with zero attached hydrogens (tertiary/aromatic N) is 5. The van der Waals surface area contributed by atoms with Gasteiger partial charge in [-0.1, -0.05) is 48.5 Å². The van der Waals surface area contributed by atoms with Gasteiger partial charge in [-0.05, 0) is 12.1 Å². The Morgan fingerprint density at radius 3 is 2.21 bits per heavy atom. The second kappa shape index (κ2) is 8.98. The molecule has 0 saturated heterocycles. The summed E-state index contributed by atoms with van der Waals surface area (Å²) < 4.78 is 8.30. The van der Waals surface area contributed by atoms with Crippen LogP contribution in [0.2, 0.25) is 0 Å². The molecule has 11 heteroatoms. The smallest absolute Gasteiger partial charge is 0.378 e. The molecule has 2 aromatic heterocycles. The number of nitrogens with two attached hydrogens (primary N) is 1. The first-order valence-electron chi connectivity index (χ1n) is 10.1. The van der Waals surface area contributed by atoms with Crippen molar-refractivity contribution < 1.29 is 14.3 Å². The van der Waals surface area contributed by atoms with Crippen molar-refractivity contribution in [2.75, 3.05) is 12.3 Å². The SMILES string of the molecule is Cn1c(N)c(C(=O)COC(=O)c2nc(-c3ccccc3)n(-c3ccccc3)n2)c(=O)n(C)c1=O. The minimum atomic E-state index is -0.958. The lowest BCUT2D eigenvalue weighted by molar-refractivity contribution is 0.0462. The van der Waals surface area contributed by atoms with Crippen LogP contribution in [0.25, 0.3) is 17.1 Å². The molecule has 0 atom stereocenters. The van der Waals surface area contributed by atoms with E-state index in [2.05, 4.69) is 10.1 Å². The minimum Gasteiger partial charge on any atom is -0.451 e. The number of ketones is 1. The van der Waals surface area contributed by atoms with Gasteiger partial charge >= 0.3 is 11.7 Å². The summed E-state index contributed by atoms with van der Waals surface area (Å²) in [6.45, 7) is -0.781. The summed E-state index contributed by atoms with van der Waals surface area (Å²) in [5, 5.41) is 4.27. The second-order valence-electron chi connectivity index (χ2n) is 7.34. The second-order valence-corrected chi connectivity index (χ2v) is 7.34. The lowest BCUT2D eigenvalue weighted by Crippen LogP contribution is -2.42. The number of esters is 1. The van der Waals surface area contributed by atoms with Crippen LogP contribution in [0.4, 0.5) is 5.82 Å². The summed E-state index contributed by atoms with van der Waals surface area (Å²) in [4.78, 5) is 53.9. The van der Waals surface area contributed by atoms with E-state index in [1.54, 1.807) is 12.1 Å². The molecule has 0 fully saturated rings. The van der Waals surface area contributed by atoms with Gasteiger partial charge in [0.25, 0.3) is 11.4 Å². The molecule has 0 aliphatic rings. The number of benzene rings is 2. The van der Waals surface area contributed by atoms with Crippen molar-refractivity contribution in [1.29, 1.82) is 0 Å². The van der Waals surface area contributed by atoms with E-state index in [-0.39, 0.29) is 11.6 Å². The number of hydrogen-bond donors (Lipinski definition) is 1. The quantitative estimate of drug-likeness (QED) is 0.331. The molecule has 0 radical (unpaired) electrons. The van der Waals surface area contributed by atoms with Gasteiger partial charge in [-0.25, -0.2) is 19.3 Å². The summed E-state index contributed by atoms with van der Waals surface area (Å²) in [6, 6.07) is 18.2. The molecule has 2 aromatic carbocycles. The molecule has 172 valence electrons. The van der Waals surface area contributed by atoms with Crippen molar-refractivity contribution in [3.63, 3.8) is 0 Å². The van der Waals surface area contributed by atoms with Gasteiger partial charge in [0.2, 0.25) is 5.78 Å². The van der Waals surface area contributed by atoms with E-state index in [4.69, 9.17) is 10.5 Å². The molecule has 0 amide bonds. The van der Waals surface area contributed by atoms with Gasteiger partial charge < -0.3 is 10.5 Å². The van der Waals surface area contributed by atoms with Crippen molar-refractivity contribution in [3.8, 4) is 17.1 Å².